The van der Waals surface area contributed by atoms with Gasteiger partial charge in [-0.15, -0.1) is 0 Å². The summed E-state index contributed by atoms with van der Waals surface area (Å²) in [5.74, 6) is 0. The average molecular weight is 258 g/mol. The third-order valence-corrected chi connectivity index (χ3v) is 5.02. The quantitative estimate of drug-likeness (QED) is 0.844. The van der Waals surface area contributed by atoms with Gasteiger partial charge in [0.1, 0.15) is 0 Å². The average Bonchev–Trinajstić information content (AvgIpc) is 3.10. The Hall–Kier alpha value is -1.06. The lowest BCUT2D eigenvalue weighted by molar-refractivity contribution is -0.0408. The van der Waals surface area contributed by atoms with E-state index in [1.54, 1.807) is 0 Å². The molecule has 3 nitrogen and oxygen atoms in total. The summed E-state index contributed by atoms with van der Waals surface area (Å²) < 4.78 is 5.93. The lowest BCUT2D eigenvalue weighted by Gasteiger charge is -2.34. The highest BCUT2D eigenvalue weighted by molar-refractivity contribution is 5.43. The van der Waals surface area contributed by atoms with E-state index in [0.717, 1.165) is 18.8 Å². The second-order valence-electron chi connectivity index (χ2n) is 6.55. The number of anilines is 1. The third kappa shape index (κ3) is 2.15. The normalized spacial score (nSPS) is 32.4. The maximum Gasteiger partial charge on any atom is 0.0707 e. The van der Waals surface area contributed by atoms with Crippen molar-refractivity contribution in [1.82, 2.24) is 4.90 Å². The van der Waals surface area contributed by atoms with Crippen molar-refractivity contribution in [3.63, 3.8) is 0 Å². The first-order chi connectivity index (χ1) is 9.23. The summed E-state index contributed by atoms with van der Waals surface area (Å²) >= 11 is 0. The van der Waals surface area contributed by atoms with Gasteiger partial charge in [-0.05, 0) is 43.4 Å². The molecule has 3 aliphatic rings. The fourth-order valence-electron chi connectivity index (χ4n) is 3.78. The van der Waals surface area contributed by atoms with Crippen molar-refractivity contribution < 1.29 is 4.74 Å². The molecule has 1 aromatic carbocycles. The van der Waals surface area contributed by atoms with E-state index in [4.69, 9.17) is 10.5 Å². The number of morpholine rings is 1. The maximum absolute atomic E-state index is 5.93. The van der Waals surface area contributed by atoms with E-state index in [0.29, 0.717) is 17.6 Å². The molecule has 19 heavy (non-hydrogen) atoms. The van der Waals surface area contributed by atoms with Gasteiger partial charge in [-0.2, -0.15) is 0 Å². The Morgan fingerprint density at radius 2 is 1.74 bits per heavy atom. The molecule has 2 aliphatic heterocycles. The molecule has 0 amide bonds. The zero-order valence-electron chi connectivity index (χ0n) is 11.3. The number of rotatable bonds is 3. The van der Waals surface area contributed by atoms with Crippen molar-refractivity contribution in [2.75, 3.05) is 25.4 Å². The van der Waals surface area contributed by atoms with E-state index in [1.807, 2.05) is 12.1 Å². The summed E-state index contributed by atoms with van der Waals surface area (Å²) in [7, 11) is 0. The van der Waals surface area contributed by atoms with Gasteiger partial charge in [-0.3, -0.25) is 4.90 Å². The van der Waals surface area contributed by atoms with E-state index in [1.165, 1.54) is 37.8 Å². The predicted octanol–water partition coefficient (Wildman–Crippen LogP) is 2.16. The molecule has 0 radical (unpaired) electrons. The van der Waals surface area contributed by atoms with Gasteiger partial charge < -0.3 is 10.5 Å². The summed E-state index contributed by atoms with van der Waals surface area (Å²) in [6.45, 7) is 3.47. The fourth-order valence-corrected chi connectivity index (χ4v) is 3.78. The molecule has 2 heterocycles. The van der Waals surface area contributed by atoms with Crippen LogP contribution in [0.15, 0.2) is 24.3 Å². The Balaban J connectivity index is 1.48. The predicted molar refractivity (Wildman–Crippen MR) is 76.1 cm³/mol. The molecule has 0 aromatic heterocycles. The summed E-state index contributed by atoms with van der Waals surface area (Å²) in [5.41, 5.74) is 8.54. The molecule has 2 unspecified atom stereocenters. The van der Waals surface area contributed by atoms with Crippen molar-refractivity contribution in [2.45, 2.75) is 43.3 Å². The molecular formula is C16H22N2O. The first kappa shape index (κ1) is 11.7. The van der Waals surface area contributed by atoms with E-state index >= 15 is 0 Å². The zero-order valence-corrected chi connectivity index (χ0v) is 11.3. The number of nitrogens with two attached hydrogens (primary N) is 1. The summed E-state index contributed by atoms with van der Waals surface area (Å²) in [5, 5.41) is 0. The Kier molecular flexibility index (Phi) is 2.61. The van der Waals surface area contributed by atoms with Crippen molar-refractivity contribution >= 4 is 5.69 Å². The minimum absolute atomic E-state index is 0.407. The van der Waals surface area contributed by atoms with Gasteiger partial charge >= 0.3 is 0 Å². The van der Waals surface area contributed by atoms with Crippen LogP contribution in [0.25, 0.3) is 0 Å². The number of hydrogen-bond donors (Lipinski definition) is 1. The van der Waals surface area contributed by atoms with E-state index in [9.17, 15) is 0 Å². The molecule has 2 bridgehead atoms. The zero-order chi connectivity index (χ0) is 12.9. The van der Waals surface area contributed by atoms with Crippen LogP contribution in [0.1, 0.15) is 31.2 Å². The highest BCUT2D eigenvalue weighted by Crippen LogP contribution is 2.49. The van der Waals surface area contributed by atoms with Gasteiger partial charge in [0, 0.05) is 30.7 Å². The molecule has 1 aliphatic carbocycles. The van der Waals surface area contributed by atoms with Gasteiger partial charge in [0.2, 0.25) is 0 Å². The summed E-state index contributed by atoms with van der Waals surface area (Å²) in [6.07, 6.45) is 6.17. The second-order valence-corrected chi connectivity index (χ2v) is 6.55. The van der Waals surface area contributed by atoms with Crippen molar-refractivity contribution in [2.24, 2.45) is 0 Å². The van der Waals surface area contributed by atoms with Crippen LogP contribution in [-0.4, -0.2) is 36.7 Å². The first-order valence-electron chi connectivity index (χ1n) is 7.47. The molecule has 1 saturated carbocycles. The van der Waals surface area contributed by atoms with Gasteiger partial charge in [0.25, 0.3) is 0 Å². The van der Waals surface area contributed by atoms with Crippen LogP contribution in [0.5, 0.6) is 0 Å². The lowest BCUT2D eigenvalue weighted by Crippen LogP contribution is -2.45. The standard InChI is InChI=1S/C16H22N2O/c17-13-3-1-12(2-4-13)16(7-8-16)11-18-9-14-5-6-15(10-18)19-14/h1-4,14-15H,5-11,17H2. The van der Waals surface area contributed by atoms with Gasteiger partial charge in [0.05, 0.1) is 12.2 Å². The van der Waals surface area contributed by atoms with Crippen LogP contribution in [0.2, 0.25) is 0 Å². The number of nitrogens with zero attached hydrogens (tertiary/aromatic N) is 1. The molecular weight excluding hydrogens is 236 g/mol. The Morgan fingerprint density at radius 3 is 2.32 bits per heavy atom. The Bertz CT molecular complexity index is 454. The van der Waals surface area contributed by atoms with Crippen LogP contribution in [0, 0.1) is 0 Å². The largest absolute Gasteiger partial charge is 0.399 e. The highest BCUT2D eigenvalue weighted by atomic mass is 16.5. The number of benzene rings is 1. The number of likely N-dealkylation sites (tertiary alicyclic amines) is 1. The number of ether oxygens (including phenoxy) is 1. The summed E-state index contributed by atoms with van der Waals surface area (Å²) in [4.78, 5) is 2.63. The summed E-state index contributed by atoms with van der Waals surface area (Å²) in [6, 6.07) is 8.52. The van der Waals surface area contributed by atoms with Gasteiger partial charge in [-0.25, -0.2) is 0 Å². The van der Waals surface area contributed by atoms with Crippen LogP contribution in [-0.2, 0) is 10.2 Å². The highest BCUT2D eigenvalue weighted by Gasteiger charge is 2.47. The van der Waals surface area contributed by atoms with Crippen LogP contribution >= 0.6 is 0 Å². The van der Waals surface area contributed by atoms with Crippen molar-refractivity contribution in [1.29, 1.82) is 0 Å². The molecule has 2 saturated heterocycles. The SMILES string of the molecule is Nc1ccc(C2(CN3CC4CCC(C3)O4)CC2)cc1. The molecule has 2 atom stereocenters. The fraction of sp³-hybridized carbons (Fsp3) is 0.625. The molecule has 4 rings (SSSR count). The first-order valence-corrected chi connectivity index (χ1v) is 7.47. The van der Waals surface area contributed by atoms with Gasteiger partial charge in [0.15, 0.2) is 0 Å². The molecule has 102 valence electrons. The monoisotopic (exact) mass is 258 g/mol. The Morgan fingerprint density at radius 1 is 1.11 bits per heavy atom. The van der Waals surface area contributed by atoms with Crippen LogP contribution < -0.4 is 5.73 Å². The lowest BCUT2D eigenvalue weighted by atomic mass is 9.94. The van der Waals surface area contributed by atoms with E-state index in [-0.39, 0.29) is 0 Å². The van der Waals surface area contributed by atoms with Gasteiger partial charge in [-0.1, -0.05) is 12.1 Å². The van der Waals surface area contributed by atoms with Crippen LogP contribution in [0.4, 0.5) is 5.69 Å². The molecule has 3 heteroatoms. The van der Waals surface area contributed by atoms with Crippen LogP contribution in [0.3, 0.4) is 0 Å². The Labute approximate surface area is 114 Å². The minimum Gasteiger partial charge on any atom is -0.399 e. The number of hydrogen-bond acceptors (Lipinski definition) is 3. The number of fused-ring (bicyclic) bond motifs is 2. The smallest absolute Gasteiger partial charge is 0.0707 e. The number of nitrogen functional groups attached to an aromatic ring is 1. The molecule has 1 aromatic rings. The third-order valence-electron chi connectivity index (χ3n) is 5.02. The topological polar surface area (TPSA) is 38.5 Å². The second kappa shape index (κ2) is 4.22. The van der Waals surface area contributed by atoms with Crippen molar-refractivity contribution in [3.05, 3.63) is 29.8 Å². The van der Waals surface area contributed by atoms with E-state index in [2.05, 4.69) is 17.0 Å². The molecule has 2 N–H and O–H groups in total. The molecule has 0 spiro atoms. The maximum atomic E-state index is 5.93. The minimum atomic E-state index is 0.407. The van der Waals surface area contributed by atoms with Crippen molar-refractivity contribution in [3.8, 4) is 0 Å². The van der Waals surface area contributed by atoms with E-state index < -0.39 is 0 Å². The molecule has 3 fully saturated rings.